The SMILES string of the molecule is N#CCCNS(=O)(=O)c1ccc(C(=O)NCc2ccc(F)cc2)cc1. The van der Waals surface area contributed by atoms with E-state index in [-0.39, 0.29) is 36.1 Å². The first kappa shape index (κ1) is 18.6. The van der Waals surface area contributed by atoms with Crippen LogP contribution in [0.2, 0.25) is 0 Å². The molecule has 0 radical (unpaired) electrons. The number of benzene rings is 2. The van der Waals surface area contributed by atoms with E-state index in [2.05, 4.69) is 10.0 Å². The zero-order valence-corrected chi connectivity index (χ0v) is 14.0. The van der Waals surface area contributed by atoms with Crippen molar-refractivity contribution >= 4 is 15.9 Å². The Bertz CT molecular complexity index is 873. The summed E-state index contributed by atoms with van der Waals surface area (Å²) in [4.78, 5) is 12.1. The maximum atomic E-state index is 12.8. The van der Waals surface area contributed by atoms with Crippen LogP contribution in [0.4, 0.5) is 4.39 Å². The molecule has 0 saturated carbocycles. The Balaban J connectivity index is 1.97. The van der Waals surface area contributed by atoms with Gasteiger partial charge in [0.2, 0.25) is 10.0 Å². The number of nitriles is 1. The van der Waals surface area contributed by atoms with Gasteiger partial charge in [-0.1, -0.05) is 12.1 Å². The molecule has 130 valence electrons. The maximum absolute atomic E-state index is 12.8. The predicted octanol–water partition coefficient (Wildman–Crippen LogP) is 1.95. The van der Waals surface area contributed by atoms with E-state index in [1.54, 1.807) is 12.1 Å². The van der Waals surface area contributed by atoms with Gasteiger partial charge in [-0.05, 0) is 42.0 Å². The second-order valence-electron chi connectivity index (χ2n) is 5.14. The van der Waals surface area contributed by atoms with Crippen molar-refractivity contribution in [2.75, 3.05) is 6.54 Å². The fraction of sp³-hybridized carbons (Fsp3) is 0.176. The number of nitrogens with zero attached hydrogens (tertiary/aromatic N) is 1. The van der Waals surface area contributed by atoms with Crippen LogP contribution in [-0.2, 0) is 16.6 Å². The molecule has 0 saturated heterocycles. The van der Waals surface area contributed by atoms with Crippen LogP contribution in [0.25, 0.3) is 0 Å². The highest BCUT2D eigenvalue weighted by atomic mass is 32.2. The number of carbonyl (C=O) groups excluding carboxylic acids is 1. The minimum atomic E-state index is -3.70. The largest absolute Gasteiger partial charge is 0.348 e. The average Bonchev–Trinajstić information content (AvgIpc) is 2.61. The number of nitrogens with one attached hydrogen (secondary N) is 2. The molecule has 2 aromatic carbocycles. The highest BCUT2D eigenvalue weighted by molar-refractivity contribution is 7.89. The summed E-state index contributed by atoms with van der Waals surface area (Å²) in [5, 5.41) is 11.1. The molecular weight excluding hydrogens is 345 g/mol. The standard InChI is InChI=1S/C17H16FN3O3S/c18-15-6-2-13(3-7-15)12-20-17(22)14-4-8-16(9-5-14)25(23,24)21-11-1-10-19/h2-9,21H,1,11-12H2,(H,20,22). The van der Waals surface area contributed by atoms with E-state index in [4.69, 9.17) is 5.26 Å². The average molecular weight is 361 g/mol. The molecule has 0 aliphatic heterocycles. The van der Waals surface area contributed by atoms with Crippen molar-refractivity contribution in [3.05, 3.63) is 65.5 Å². The number of hydrogen-bond donors (Lipinski definition) is 2. The van der Waals surface area contributed by atoms with Gasteiger partial charge in [0.1, 0.15) is 5.82 Å². The highest BCUT2D eigenvalue weighted by Gasteiger charge is 2.14. The molecule has 0 bridgehead atoms. The molecule has 2 rings (SSSR count). The van der Waals surface area contributed by atoms with Gasteiger partial charge in [0.05, 0.1) is 11.0 Å². The summed E-state index contributed by atoms with van der Waals surface area (Å²) in [5.74, 6) is -0.721. The second kappa shape index (κ2) is 8.37. The van der Waals surface area contributed by atoms with Crippen LogP contribution in [-0.4, -0.2) is 20.9 Å². The Hall–Kier alpha value is -2.76. The lowest BCUT2D eigenvalue weighted by Crippen LogP contribution is -2.25. The summed E-state index contributed by atoms with van der Waals surface area (Å²) in [6, 6.07) is 13.0. The molecule has 8 heteroatoms. The summed E-state index contributed by atoms with van der Waals surface area (Å²) in [6.07, 6.45) is 0.0725. The Morgan fingerprint density at radius 2 is 1.72 bits per heavy atom. The summed E-state index contributed by atoms with van der Waals surface area (Å²) < 4.78 is 39.1. The van der Waals surface area contributed by atoms with E-state index in [1.165, 1.54) is 36.4 Å². The second-order valence-corrected chi connectivity index (χ2v) is 6.91. The third kappa shape index (κ3) is 5.38. The molecule has 6 nitrogen and oxygen atoms in total. The molecule has 0 spiro atoms. The van der Waals surface area contributed by atoms with E-state index >= 15 is 0 Å². The molecular formula is C17H16FN3O3S. The molecule has 2 aromatic rings. The van der Waals surface area contributed by atoms with Crippen molar-refractivity contribution in [3.8, 4) is 6.07 Å². The van der Waals surface area contributed by atoms with E-state index < -0.39 is 10.0 Å². The Morgan fingerprint density at radius 1 is 1.08 bits per heavy atom. The lowest BCUT2D eigenvalue weighted by Gasteiger charge is -2.08. The van der Waals surface area contributed by atoms with Crippen molar-refractivity contribution < 1.29 is 17.6 Å². The summed E-state index contributed by atoms with van der Waals surface area (Å²) in [7, 11) is -3.70. The Morgan fingerprint density at radius 3 is 2.32 bits per heavy atom. The van der Waals surface area contributed by atoms with E-state index in [0.717, 1.165) is 5.56 Å². The van der Waals surface area contributed by atoms with Gasteiger partial charge in [-0.25, -0.2) is 17.5 Å². The fourth-order valence-corrected chi connectivity index (χ4v) is 3.03. The first-order chi connectivity index (χ1) is 11.9. The quantitative estimate of drug-likeness (QED) is 0.736. The lowest BCUT2D eigenvalue weighted by atomic mass is 10.2. The topological polar surface area (TPSA) is 99.1 Å². The van der Waals surface area contributed by atoms with E-state index in [9.17, 15) is 17.6 Å². The van der Waals surface area contributed by atoms with Crippen molar-refractivity contribution in [3.63, 3.8) is 0 Å². The number of carbonyl (C=O) groups is 1. The maximum Gasteiger partial charge on any atom is 0.251 e. The van der Waals surface area contributed by atoms with Crippen LogP contribution in [0.15, 0.2) is 53.4 Å². The van der Waals surface area contributed by atoms with Crippen molar-refractivity contribution in [1.29, 1.82) is 5.26 Å². The number of halogens is 1. The van der Waals surface area contributed by atoms with Gasteiger partial charge in [0.15, 0.2) is 0 Å². The van der Waals surface area contributed by atoms with Crippen molar-refractivity contribution in [2.24, 2.45) is 0 Å². The van der Waals surface area contributed by atoms with Crippen molar-refractivity contribution in [1.82, 2.24) is 10.0 Å². The zero-order chi connectivity index (χ0) is 18.3. The number of rotatable bonds is 7. The molecule has 0 aliphatic rings. The molecule has 1 amide bonds. The minimum Gasteiger partial charge on any atom is -0.348 e. The molecule has 0 aromatic heterocycles. The molecule has 0 aliphatic carbocycles. The third-order valence-corrected chi connectivity index (χ3v) is 4.80. The van der Waals surface area contributed by atoms with Gasteiger partial charge in [-0.3, -0.25) is 4.79 Å². The van der Waals surface area contributed by atoms with Crippen molar-refractivity contribution in [2.45, 2.75) is 17.9 Å². The highest BCUT2D eigenvalue weighted by Crippen LogP contribution is 2.11. The molecule has 2 N–H and O–H groups in total. The number of hydrogen-bond acceptors (Lipinski definition) is 4. The number of amides is 1. The van der Waals surface area contributed by atoms with Crippen LogP contribution in [0.5, 0.6) is 0 Å². The normalized spacial score (nSPS) is 10.9. The summed E-state index contributed by atoms with van der Waals surface area (Å²) in [6.45, 7) is 0.258. The molecule has 0 atom stereocenters. The predicted molar refractivity (Wildman–Crippen MR) is 89.4 cm³/mol. The molecule has 25 heavy (non-hydrogen) atoms. The number of sulfonamides is 1. The first-order valence-corrected chi connectivity index (χ1v) is 8.90. The Labute approximate surface area is 145 Å². The summed E-state index contributed by atoms with van der Waals surface area (Å²) >= 11 is 0. The van der Waals surface area contributed by atoms with E-state index in [1.807, 2.05) is 6.07 Å². The van der Waals surface area contributed by atoms with Gasteiger partial charge < -0.3 is 5.32 Å². The smallest absolute Gasteiger partial charge is 0.251 e. The lowest BCUT2D eigenvalue weighted by molar-refractivity contribution is 0.0951. The minimum absolute atomic E-state index is 0.0144. The van der Waals surface area contributed by atoms with Crippen LogP contribution in [0.1, 0.15) is 22.3 Å². The van der Waals surface area contributed by atoms with Gasteiger partial charge >= 0.3 is 0 Å². The molecule has 0 unspecified atom stereocenters. The summed E-state index contributed by atoms with van der Waals surface area (Å²) in [5.41, 5.74) is 1.05. The molecule has 0 heterocycles. The zero-order valence-electron chi connectivity index (χ0n) is 13.2. The van der Waals surface area contributed by atoms with Gasteiger partial charge in [0.25, 0.3) is 5.91 Å². The van der Waals surface area contributed by atoms with Gasteiger partial charge in [-0.2, -0.15) is 5.26 Å². The van der Waals surface area contributed by atoms with Gasteiger partial charge in [0, 0.05) is 25.1 Å². The van der Waals surface area contributed by atoms with Crippen LogP contribution in [0, 0.1) is 17.1 Å². The monoisotopic (exact) mass is 361 g/mol. The third-order valence-electron chi connectivity index (χ3n) is 3.32. The molecule has 0 fully saturated rings. The van der Waals surface area contributed by atoms with Crippen LogP contribution in [0.3, 0.4) is 0 Å². The Kier molecular flexibility index (Phi) is 6.22. The van der Waals surface area contributed by atoms with Gasteiger partial charge in [-0.15, -0.1) is 0 Å². The first-order valence-electron chi connectivity index (χ1n) is 7.42. The van der Waals surface area contributed by atoms with Crippen LogP contribution < -0.4 is 10.0 Å². The fourth-order valence-electron chi connectivity index (χ4n) is 2.00. The van der Waals surface area contributed by atoms with E-state index in [0.29, 0.717) is 5.56 Å². The van der Waals surface area contributed by atoms with Crippen LogP contribution >= 0.6 is 0 Å².